The quantitative estimate of drug-likeness (QED) is 0.0184. The normalized spacial score (nSPS) is 16.9. The van der Waals surface area contributed by atoms with Crippen LogP contribution < -0.4 is 27.0 Å². The molecule has 11 atom stereocenters. The molecule has 0 aliphatic carbocycles. The van der Waals surface area contributed by atoms with E-state index >= 15 is 0 Å². The van der Waals surface area contributed by atoms with Gasteiger partial charge < -0.3 is 60.6 Å². The zero-order valence-electron chi connectivity index (χ0n) is 58.9. The van der Waals surface area contributed by atoms with Gasteiger partial charge in [-0.25, -0.2) is 14.4 Å². The van der Waals surface area contributed by atoms with Crippen molar-refractivity contribution in [3.8, 4) is 0 Å². The second kappa shape index (κ2) is 40.2. The number of primary amides is 1. The standard InChI is InChI=1S/C71H107N9O15S/c1-15-46(8)64(57(92-12)41-61(86)79-37-23-27-54(79)65(93-13)47(9)67(96)75-53(69(89)94-14)38-48-24-18-16-19-25-48)77(10)68(88)52(43(2)3)40-56(82)63(45(6)7)78(11)71(91)95-42-49-29-31-51(32-30-49)74-66(87)50(26-22-35-73-70(72)90)39-55(81)62(44(4)5)76-58(83)28-20-17-21-36-80-59(84)33-34-60(80)85/h16,18-19,24-25,29-34,43-47,50,52-54,57,62-65H,15,17,20-23,26-28,35-42H2,1-14H3,(H,74,87)(H,75,96)(H,76,83)(H3,72,73,90)/t46-,47+,50+,52-,53-,54-,57+,62-,63-,64-,65+/m0/s1. The number of ether oxygens (including phenoxy) is 4. The number of unbranched alkanes of at least 4 members (excludes halogenated alkanes) is 2. The number of urea groups is 1. The molecule has 96 heavy (non-hydrogen) atoms. The summed E-state index contributed by atoms with van der Waals surface area (Å²) in [5.41, 5.74) is 7.14. The second-order valence-corrected chi connectivity index (χ2v) is 26.9. The van der Waals surface area contributed by atoms with Crippen molar-refractivity contribution >= 4 is 88.0 Å². The number of nitrogens with one attached hydrogen (secondary N) is 4. The molecule has 1 saturated heterocycles. The maximum Gasteiger partial charge on any atom is 0.410 e. The van der Waals surface area contributed by atoms with Gasteiger partial charge in [0.2, 0.25) is 23.6 Å². The molecule has 2 aromatic carbocycles. The number of likely N-dealkylation sites (tertiary alicyclic amines) is 1. The first-order valence-electron chi connectivity index (χ1n) is 33.7. The number of nitrogens with zero attached hydrogens (tertiary/aromatic N) is 4. The number of Topliss-reactive ketones (excluding diaryl/α,β-unsaturated/α-hetero) is 2. The fourth-order valence-corrected chi connectivity index (χ4v) is 13.1. The van der Waals surface area contributed by atoms with Crippen LogP contribution in [0.25, 0.3) is 0 Å². The summed E-state index contributed by atoms with van der Waals surface area (Å²) in [5.74, 6) is -6.36. The molecule has 2 aliphatic rings. The minimum absolute atomic E-state index is 0.0442. The molecule has 2 aliphatic heterocycles. The van der Waals surface area contributed by atoms with Gasteiger partial charge in [-0.2, -0.15) is 0 Å². The second-order valence-electron chi connectivity index (χ2n) is 26.5. The van der Waals surface area contributed by atoms with Gasteiger partial charge in [-0.3, -0.25) is 43.3 Å². The number of carbonyl (C=O) groups is 11. The SMILES string of the molecule is CC[C@H](C)[C@@H]([C@@H](CC(=O)N1CCC[C@H]1[C@H](OC)[C@@H](C)C(=S)N[C@@H](Cc1ccccc1)C(=O)OC)OC)N(C)C(=O)[C@@H](CC(=O)[C@H](C(C)C)N(C)C(=O)OCc1ccc(NC(=O)[C@H](CCCNC(N)=O)CC(=O)[C@@H](NC(=O)CCCCCN2C(=O)C=CC2=O)C(C)C)cc1)C(C)C. The van der Waals surface area contributed by atoms with Gasteiger partial charge in [0.15, 0.2) is 11.6 Å². The summed E-state index contributed by atoms with van der Waals surface area (Å²) in [6.45, 7) is 17.6. The van der Waals surface area contributed by atoms with Gasteiger partial charge in [-0.1, -0.05) is 130 Å². The highest BCUT2D eigenvalue weighted by Gasteiger charge is 2.44. The van der Waals surface area contributed by atoms with E-state index in [9.17, 15) is 52.7 Å². The molecule has 532 valence electrons. The number of hydrogen-bond donors (Lipinski definition) is 5. The Hall–Kier alpha value is -7.64. The molecule has 0 saturated carbocycles. The van der Waals surface area contributed by atoms with Crippen LogP contribution in [0.1, 0.15) is 150 Å². The van der Waals surface area contributed by atoms with Crippen molar-refractivity contribution in [1.82, 2.24) is 35.6 Å². The minimum atomic E-state index is -0.967. The summed E-state index contributed by atoms with van der Waals surface area (Å²) in [4.78, 5) is 153. The van der Waals surface area contributed by atoms with Crippen molar-refractivity contribution in [3.63, 3.8) is 0 Å². The lowest BCUT2D eigenvalue weighted by Crippen LogP contribution is -2.55. The van der Waals surface area contributed by atoms with Crippen molar-refractivity contribution in [2.45, 2.75) is 195 Å². The average Bonchev–Trinajstić information content (AvgIpc) is 1.55. The van der Waals surface area contributed by atoms with Crippen molar-refractivity contribution in [1.29, 1.82) is 0 Å². The zero-order chi connectivity index (χ0) is 71.5. The van der Waals surface area contributed by atoms with Gasteiger partial charge in [0.05, 0.1) is 54.9 Å². The van der Waals surface area contributed by atoms with E-state index in [2.05, 4.69) is 21.3 Å². The maximum absolute atomic E-state index is 14.9. The fraction of sp³-hybridized carbons (Fsp3) is 0.634. The average molecular weight is 1360 g/mol. The number of likely N-dealkylation sites (N-methyl/N-ethyl adjacent to an activating group) is 2. The largest absolute Gasteiger partial charge is 0.467 e. The van der Waals surface area contributed by atoms with E-state index in [1.54, 1.807) is 57.2 Å². The van der Waals surface area contributed by atoms with Gasteiger partial charge in [0, 0.05) is 109 Å². The lowest BCUT2D eigenvalue weighted by atomic mass is 9.83. The molecular weight excluding hydrogens is 1250 g/mol. The fourth-order valence-electron chi connectivity index (χ4n) is 12.8. The molecule has 4 rings (SSSR count). The lowest BCUT2D eigenvalue weighted by molar-refractivity contribution is -0.148. The molecule has 9 amide bonds. The summed E-state index contributed by atoms with van der Waals surface area (Å²) in [7, 11) is 7.62. The van der Waals surface area contributed by atoms with E-state index in [0.717, 1.165) is 16.9 Å². The van der Waals surface area contributed by atoms with Crippen molar-refractivity contribution in [3.05, 3.63) is 77.9 Å². The first-order valence-corrected chi connectivity index (χ1v) is 34.2. The number of rotatable bonds is 41. The van der Waals surface area contributed by atoms with E-state index in [1.165, 1.54) is 38.3 Å². The van der Waals surface area contributed by atoms with Crippen LogP contribution in [0.3, 0.4) is 0 Å². The molecule has 24 nitrogen and oxygen atoms in total. The number of imide groups is 1. The monoisotopic (exact) mass is 1360 g/mol. The molecule has 6 N–H and O–H groups in total. The summed E-state index contributed by atoms with van der Waals surface area (Å²) in [6, 6.07) is 11.8. The Bertz CT molecular complexity index is 2960. The van der Waals surface area contributed by atoms with Gasteiger partial charge in [0.25, 0.3) is 11.8 Å². The van der Waals surface area contributed by atoms with Gasteiger partial charge in [0.1, 0.15) is 12.6 Å². The number of carbonyl (C=O) groups excluding carboxylic acids is 11. The molecular formula is C71H107N9O15S. The van der Waals surface area contributed by atoms with Crippen LogP contribution in [0.5, 0.6) is 0 Å². The van der Waals surface area contributed by atoms with Crippen LogP contribution in [0, 0.1) is 41.4 Å². The first kappa shape index (κ1) is 80.8. The zero-order valence-corrected chi connectivity index (χ0v) is 59.7. The van der Waals surface area contributed by atoms with Crippen LogP contribution in [0.2, 0.25) is 0 Å². The number of nitrogens with two attached hydrogens (primary N) is 1. The molecule has 0 radical (unpaired) electrons. The van der Waals surface area contributed by atoms with Crippen LogP contribution >= 0.6 is 12.2 Å². The Kier molecular flexibility index (Phi) is 33.8. The maximum atomic E-state index is 14.9. The smallest absolute Gasteiger partial charge is 0.410 e. The van der Waals surface area contributed by atoms with Crippen LogP contribution in [0.15, 0.2) is 66.7 Å². The van der Waals surface area contributed by atoms with Gasteiger partial charge in [-0.15, -0.1) is 0 Å². The third-order valence-corrected chi connectivity index (χ3v) is 19.0. The van der Waals surface area contributed by atoms with Crippen LogP contribution in [-0.2, 0) is 75.1 Å². The molecule has 1 fully saturated rings. The summed E-state index contributed by atoms with van der Waals surface area (Å²) < 4.78 is 23.1. The lowest BCUT2D eigenvalue weighted by Gasteiger charge is -2.41. The molecule has 0 bridgehead atoms. The van der Waals surface area contributed by atoms with Crippen LogP contribution in [-0.4, -0.2) is 187 Å². The molecule has 2 aromatic rings. The predicted molar refractivity (Wildman–Crippen MR) is 368 cm³/mol. The topological polar surface area (TPSA) is 312 Å². The molecule has 0 aromatic heterocycles. The predicted octanol–water partition coefficient (Wildman–Crippen LogP) is 7.72. The highest BCUT2D eigenvalue weighted by molar-refractivity contribution is 7.80. The van der Waals surface area contributed by atoms with Gasteiger partial charge >= 0.3 is 18.1 Å². The van der Waals surface area contributed by atoms with Crippen LogP contribution in [0.4, 0.5) is 15.3 Å². The summed E-state index contributed by atoms with van der Waals surface area (Å²) in [5, 5.41) is 11.4. The van der Waals surface area contributed by atoms with Crippen molar-refractivity contribution in [2.24, 2.45) is 47.2 Å². The number of thiocarbonyl (C=S) groups is 1. The number of anilines is 1. The number of amides is 9. The van der Waals surface area contributed by atoms with Crippen molar-refractivity contribution in [2.75, 3.05) is 60.4 Å². The Balaban J connectivity index is 1.38. The summed E-state index contributed by atoms with van der Waals surface area (Å²) in [6.07, 6.45) is 4.56. The van der Waals surface area contributed by atoms with E-state index < -0.39 is 78.1 Å². The highest BCUT2D eigenvalue weighted by Crippen LogP contribution is 2.32. The molecule has 25 heteroatoms. The van der Waals surface area contributed by atoms with E-state index in [-0.39, 0.29) is 123 Å². The first-order chi connectivity index (χ1) is 45.5. The van der Waals surface area contributed by atoms with E-state index in [1.807, 2.05) is 83.7 Å². The number of hydrogen-bond acceptors (Lipinski definition) is 16. The number of ketones is 2. The van der Waals surface area contributed by atoms with E-state index in [0.29, 0.717) is 67.7 Å². The minimum Gasteiger partial charge on any atom is -0.467 e. The summed E-state index contributed by atoms with van der Waals surface area (Å²) >= 11 is 5.91. The third-order valence-electron chi connectivity index (χ3n) is 18.5. The number of methoxy groups -OCH3 is 3. The highest BCUT2D eigenvalue weighted by atomic mass is 32.1. The van der Waals surface area contributed by atoms with Gasteiger partial charge in [-0.05, 0) is 85.5 Å². The number of benzene rings is 2. The Morgan fingerprint density at radius 2 is 1.40 bits per heavy atom. The van der Waals surface area contributed by atoms with E-state index in [4.69, 9.17) is 36.9 Å². The number of esters is 1. The Labute approximate surface area is 572 Å². The Morgan fingerprint density at radius 1 is 0.740 bits per heavy atom. The molecule has 2 heterocycles. The Morgan fingerprint density at radius 3 is 1.97 bits per heavy atom. The molecule has 0 spiro atoms. The molecule has 0 unspecified atom stereocenters. The third kappa shape index (κ3) is 24.2. The van der Waals surface area contributed by atoms with Crippen molar-refractivity contribution < 1.29 is 71.7 Å².